The van der Waals surface area contributed by atoms with Gasteiger partial charge >= 0.3 is 0 Å². The molecule has 1 unspecified atom stereocenters. The second-order valence-corrected chi connectivity index (χ2v) is 6.94. The quantitative estimate of drug-likeness (QED) is 0.922. The summed E-state index contributed by atoms with van der Waals surface area (Å²) in [6.07, 6.45) is 3.05. The normalized spacial score (nSPS) is 18.3. The molecule has 20 heavy (non-hydrogen) atoms. The van der Waals surface area contributed by atoms with Crippen molar-refractivity contribution in [1.29, 1.82) is 0 Å². The number of fused-ring (bicyclic) bond motifs is 1. The first-order valence-electron chi connectivity index (χ1n) is 7.35. The highest BCUT2D eigenvalue weighted by molar-refractivity contribution is 7.99. The molecule has 0 aliphatic carbocycles. The Kier molecular flexibility index (Phi) is 4.27. The van der Waals surface area contributed by atoms with Crippen LogP contribution in [-0.2, 0) is 0 Å². The van der Waals surface area contributed by atoms with Gasteiger partial charge in [-0.2, -0.15) is 11.8 Å². The third kappa shape index (κ3) is 3.15. The number of aliphatic hydroxyl groups excluding tert-OH is 1. The van der Waals surface area contributed by atoms with E-state index < -0.39 is 0 Å². The van der Waals surface area contributed by atoms with Gasteiger partial charge in [0.25, 0.3) is 0 Å². The van der Waals surface area contributed by atoms with Crippen molar-refractivity contribution < 1.29 is 5.11 Å². The third-order valence-electron chi connectivity index (χ3n) is 4.13. The van der Waals surface area contributed by atoms with Crippen LogP contribution < -0.4 is 0 Å². The molecule has 1 saturated heterocycles. The summed E-state index contributed by atoms with van der Waals surface area (Å²) < 4.78 is 0. The second kappa shape index (κ2) is 6.15. The van der Waals surface area contributed by atoms with Crippen LogP contribution >= 0.6 is 11.8 Å². The van der Waals surface area contributed by atoms with E-state index in [2.05, 4.69) is 17.1 Å². The van der Waals surface area contributed by atoms with Gasteiger partial charge in [-0.25, -0.2) is 0 Å². The van der Waals surface area contributed by atoms with E-state index in [4.69, 9.17) is 0 Å². The largest absolute Gasteiger partial charge is 0.388 e. The molecule has 0 spiro atoms. The molecule has 0 radical (unpaired) electrons. The summed E-state index contributed by atoms with van der Waals surface area (Å²) in [5.74, 6) is 3.18. The van der Waals surface area contributed by atoms with Gasteiger partial charge in [-0.05, 0) is 67.4 Å². The molecule has 3 rings (SSSR count). The fourth-order valence-electron chi connectivity index (χ4n) is 2.89. The zero-order valence-electron chi connectivity index (χ0n) is 11.9. The average molecular weight is 287 g/mol. The number of aliphatic hydroxyl groups is 1. The van der Waals surface area contributed by atoms with Gasteiger partial charge in [0.2, 0.25) is 0 Å². The molecule has 1 atom stereocenters. The third-order valence-corrected chi connectivity index (χ3v) is 5.18. The van der Waals surface area contributed by atoms with Crippen LogP contribution in [0.15, 0.2) is 30.3 Å². The number of nitrogens with zero attached hydrogens (tertiary/aromatic N) is 1. The zero-order chi connectivity index (χ0) is 13.9. The van der Waals surface area contributed by atoms with Crippen molar-refractivity contribution in [3.8, 4) is 0 Å². The average Bonchev–Trinajstić information content (AvgIpc) is 2.47. The maximum atomic E-state index is 10.5. The topological polar surface area (TPSA) is 33.1 Å². The lowest BCUT2D eigenvalue weighted by Crippen LogP contribution is -2.13. The molecular formula is C17H21NOS. The van der Waals surface area contributed by atoms with E-state index in [1.807, 2.05) is 36.9 Å². The smallest absolute Gasteiger partial charge is 0.0792 e. The Labute approximate surface area is 124 Å². The van der Waals surface area contributed by atoms with Crippen LogP contribution in [0.3, 0.4) is 0 Å². The van der Waals surface area contributed by atoms with Crippen molar-refractivity contribution in [3.63, 3.8) is 0 Å². The number of hydrogen-bond acceptors (Lipinski definition) is 3. The summed E-state index contributed by atoms with van der Waals surface area (Å²) in [4.78, 5) is 4.51. The van der Waals surface area contributed by atoms with Crippen molar-refractivity contribution in [2.75, 3.05) is 11.5 Å². The first kappa shape index (κ1) is 13.9. The van der Waals surface area contributed by atoms with E-state index in [-0.39, 0.29) is 6.10 Å². The standard InChI is InChI=1S/C17H21NOS/c1-12-2-3-14-11-15(4-5-16(14)18-12)17(19)10-13-6-8-20-9-7-13/h2-5,11,13,17,19H,6-10H2,1H3. The molecule has 1 fully saturated rings. The molecule has 1 aromatic carbocycles. The lowest BCUT2D eigenvalue weighted by Gasteiger charge is -2.24. The van der Waals surface area contributed by atoms with Gasteiger partial charge in [0.1, 0.15) is 0 Å². The molecule has 2 heterocycles. The highest BCUT2D eigenvalue weighted by Crippen LogP contribution is 2.31. The van der Waals surface area contributed by atoms with E-state index in [1.165, 1.54) is 24.3 Å². The highest BCUT2D eigenvalue weighted by atomic mass is 32.2. The maximum absolute atomic E-state index is 10.5. The Hall–Kier alpha value is -1.06. The van der Waals surface area contributed by atoms with Crippen LogP contribution in [0.2, 0.25) is 0 Å². The summed E-state index contributed by atoms with van der Waals surface area (Å²) in [7, 11) is 0. The molecule has 0 amide bonds. The number of thioether (sulfide) groups is 1. The van der Waals surface area contributed by atoms with Gasteiger partial charge in [0.15, 0.2) is 0 Å². The minimum atomic E-state index is -0.339. The monoisotopic (exact) mass is 287 g/mol. The SMILES string of the molecule is Cc1ccc2cc(C(O)CC3CCSCC3)ccc2n1. The number of rotatable bonds is 3. The molecule has 2 nitrogen and oxygen atoms in total. The predicted octanol–water partition coefficient (Wildman–Crippen LogP) is 4.11. The predicted molar refractivity (Wildman–Crippen MR) is 86.1 cm³/mol. The Morgan fingerprint density at radius 2 is 2.05 bits per heavy atom. The summed E-state index contributed by atoms with van der Waals surface area (Å²) in [5.41, 5.74) is 3.07. The summed E-state index contributed by atoms with van der Waals surface area (Å²) >= 11 is 2.03. The lowest BCUT2D eigenvalue weighted by molar-refractivity contribution is 0.141. The number of hydrogen-bond donors (Lipinski definition) is 1. The highest BCUT2D eigenvalue weighted by Gasteiger charge is 2.19. The van der Waals surface area contributed by atoms with Crippen molar-refractivity contribution in [2.24, 2.45) is 5.92 Å². The van der Waals surface area contributed by atoms with E-state index in [9.17, 15) is 5.11 Å². The van der Waals surface area contributed by atoms with E-state index >= 15 is 0 Å². The molecule has 3 heteroatoms. The van der Waals surface area contributed by atoms with Gasteiger partial charge in [-0.1, -0.05) is 12.1 Å². The Balaban J connectivity index is 1.76. The fraction of sp³-hybridized carbons (Fsp3) is 0.471. The van der Waals surface area contributed by atoms with Crippen molar-refractivity contribution >= 4 is 22.7 Å². The van der Waals surface area contributed by atoms with Crippen molar-refractivity contribution in [2.45, 2.75) is 32.3 Å². The van der Waals surface area contributed by atoms with E-state index in [0.717, 1.165) is 28.6 Å². The minimum Gasteiger partial charge on any atom is -0.388 e. The van der Waals surface area contributed by atoms with Crippen LogP contribution in [0.5, 0.6) is 0 Å². The van der Waals surface area contributed by atoms with Gasteiger partial charge in [0, 0.05) is 11.1 Å². The minimum absolute atomic E-state index is 0.339. The molecule has 1 N–H and O–H groups in total. The number of pyridine rings is 1. The Bertz CT molecular complexity index is 593. The summed E-state index contributed by atoms with van der Waals surface area (Å²) in [5, 5.41) is 11.6. The van der Waals surface area contributed by atoms with Gasteiger partial charge < -0.3 is 5.11 Å². The van der Waals surface area contributed by atoms with Gasteiger partial charge in [0.05, 0.1) is 11.6 Å². The van der Waals surface area contributed by atoms with Gasteiger partial charge in [-0.3, -0.25) is 4.98 Å². The van der Waals surface area contributed by atoms with Crippen LogP contribution in [0.1, 0.15) is 36.6 Å². The molecule has 0 bridgehead atoms. The van der Waals surface area contributed by atoms with Crippen molar-refractivity contribution in [1.82, 2.24) is 4.98 Å². The van der Waals surface area contributed by atoms with E-state index in [0.29, 0.717) is 5.92 Å². The summed E-state index contributed by atoms with van der Waals surface area (Å²) in [6, 6.07) is 10.3. The van der Waals surface area contributed by atoms with E-state index in [1.54, 1.807) is 0 Å². The van der Waals surface area contributed by atoms with Crippen LogP contribution in [0.4, 0.5) is 0 Å². The first-order valence-corrected chi connectivity index (χ1v) is 8.51. The summed E-state index contributed by atoms with van der Waals surface area (Å²) in [6.45, 7) is 2.00. The Morgan fingerprint density at radius 3 is 2.85 bits per heavy atom. The van der Waals surface area contributed by atoms with Crippen LogP contribution in [0.25, 0.3) is 10.9 Å². The molecule has 1 aliphatic heterocycles. The molecule has 2 aromatic rings. The number of aromatic nitrogens is 1. The van der Waals surface area contributed by atoms with Crippen LogP contribution in [-0.4, -0.2) is 21.6 Å². The number of benzene rings is 1. The lowest BCUT2D eigenvalue weighted by atomic mass is 9.92. The maximum Gasteiger partial charge on any atom is 0.0792 e. The van der Waals surface area contributed by atoms with Crippen molar-refractivity contribution in [3.05, 3.63) is 41.6 Å². The fourth-order valence-corrected chi connectivity index (χ4v) is 4.09. The molecular weight excluding hydrogens is 266 g/mol. The molecule has 106 valence electrons. The molecule has 0 saturated carbocycles. The first-order chi connectivity index (χ1) is 9.72. The second-order valence-electron chi connectivity index (χ2n) is 5.71. The molecule has 1 aromatic heterocycles. The molecule has 1 aliphatic rings. The number of aryl methyl sites for hydroxylation is 1. The van der Waals surface area contributed by atoms with Gasteiger partial charge in [-0.15, -0.1) is 0 Å². The Morgan fingerprint density at radius 1 is 1.25 bits per heavy atom. The zero-order valence-corrected chi connectivity index (χ0v) is 12.7. The van der Waals surface area contributed by atoms with Crippen LogP contribution in [0, 0.1) is 12.8 Å².